The number of carbonyl (C=O) groups excluding carboxylic acids is 3. The number of amides is 2. The van der Waals surface area contributed by atoms with Crippen LogP contribution in [0, 0.1) is 18.7 Å². The molecule has 2 N–H and O–H groups in total. The van der Waals surface area contributed by atoms with Crippen LogP contribution in [0.2, 0.25) is 0 Å². The zero-order chi connectivity index (χ0) is 34.0. The van der Waals surface area contributed by atoms with Crippen molar-refractivity contribution in [3.63, 3.8) is 0 Å². The fourth-order valence-corrected chi connectivity index (χ4v) is 4.78. The summed E-state index contributed by atoms with van der Waals surface area (Å²) >= 11 is 0. The molecule has 5 rings (SSSR count). The van der Waals surface area contributed by atoms with Crippen LogP contribution in [0.5, 0.6) is 0 Å². The van der Waals surface area contributed by atoms with Gasteiger partial charge in [0.25, 0.3) is 11.4 Å². The Morgan fingerprint density at radius 3 is 2.43 bits per heavy atom. The van der Waals surface area contributed by atoms with Gasteiger partial charge in [-0.3, -0.25) is 24.3 Å². The molecule has 0 aliphatic rings. The van der Waals surface area contributed by atoms with Crippen LogP contribution in [0.15, 0.2) is 62.2 Å². The molecule has 5 aromatic rings. The van der Waals surface area contributed by atoms with Crippen LogP contribution in [-0.4, -0.2) is 55.7 Å². The number of carbonyl (C=O) groups is 3. The summed E-state index contributed by atoms with van der Waals surface area (Å²) in [6.07, 6.45) is -0.881. The van der Waals surface area contributed by atoms with Crippen molar-refractivity contribution in [1.29, 1.82) is 0 Å². The third-order valence-electron chi connectivity index (χ3n) is 7.42. The van der Waals surface area contributed by atoms with Crippen molar-refractivity contribution in [1.82, 2.24) is 30.0 Å². The molecule has 0 aliphatic carbocycles. The number of nitrogens with one attached hydrogen (secondary N) is 2. The lowest BCUT2D eigenvalue weighted by molar-refractivity contribution is -0.122. The molecule has 47 heavy (non-hydrogen) atoms. The molecule has 0 aliphatic heterocycles. The summed E-state index contributed by atoms with van der Waals surface area (Å²) in [6, 6.07) is 11.6. The number of halogens is 1. The number of ketones is 1. The minimum atomic E-state index is -1.12. The number of fused-ring (bicyclic) bond motifs is 1. The first-order valence-corrected chi connectivity index (χ1v) is 14.6. The van der Waals surface area contributed by atoms with E-state index in [9.17, 15) is 23.6 Å². The van der Waals surface area contributed by atoms with Crippen molar-refractivity contribution < 1.29 is 32.3 Å². The number of benzene rings is 2. The van der Waals surface area contributed by atoms with Gasteiger partial charge in [0.15, 0.2) is 5.58 Å². The maximum absolute atomic E-state index is 13.7. The fourth-order valence-electron chi connectivity index (χ4n) is 4.78. The van der Waals surface area contributed by atoms with Crippen molar-refractivity contribution in [2.75, 3.05) is 12.4 Å². The highest BCUT2D eigenvalue weighted by atomic mass is 19.1. The van der Waals surface area contributed by atoms with Crippen molar-refractivity contribution in [2.45, 2.75) is 52.6 Å². The lowest BCUT2D eigenvalue weighted by Gasteiger charge is -2.21. The third-order valence-corrected chi connectivity index (χ3v) is 7.42. The first-order valence-electron chi connectivity index (χ1n) is 14.6. The molecule has 0 fully saturated rings. The number of oxazole rings is 1. The van der Waals surface area contributed by atoms with Crippen molar-refractivity contribution >= 4 is 34.6 Å². The number of hydrogen-bond donors (Lipinski definition) is 2. The van der Waals surface area contributed by atoms with E-state index in [2.05, 4.69) is 35.5 Å². The maximum Gasteiger partial charge on any atom is 0.411 e. The Morgan fingerprint density at radius 1 is 1.02 bits per heavy atom. The highest BCUT2D eigenvalue weighted by molar-refractivity contribution is 5.98. The number of anilines is 1. The summed E-state index contributed by atoms with van der Waals surface area (Å²) in [5.74, 6) is -2.27. The minimum absolute atomic E-state index is 0.0112. The van der Waals surface area contributed by atoms with Crippen molar-refractivity contribution in [2.24, 2.45) is 5.92 Å². The van der Waals surface area contributed by atoms with Crippen LogP contribution in [0.4, 0.5) is 14.9 Å². The van der Waals surface area contributed by atoms with Crippen molar-refractivity contribution in [3.8, 4) is 11.4 Å². The quantitative estimate of drug-likeness (QED) is 0.205. The first kappa shape index (κ1) is 32.7. The topological polar surface area (TPSA) is 184 Å². The average molecular weight is 646 g/mol. The number of hydrogen-bond acceptors (Lipinski definition) is 11. The lowest BCUT2D eigenvalue weighted by Crippen LogP contribution is -2.47. The van der Waals surface area contributed by atoms with Gasteiger partial charge in [-0.1, -0.05) is 44.2 Å². The van der Waals surface area contributed by atoms with Gasteiger partial charge in [-0.25, -0.2) is 19.2 Å². The molecule has 1 unspecified atom stereocenters. The normalized spacial score (nSPS) is 12.3. The Kier molecular flexibility index (Phi) is 8.99. The molecule has 244 valence electrons. The summed E-state index contributed by atoms with van der Waals surface area (Å²) in [5, 5.41) is 13.0. The van der Waals surface area contributed by atoms with E-state index in [1.807, 2.05) is 0 Å². The lowest BCUT2D eigenvalue weighted by atomic mass is 9.93. The van der Waals surface area contributed by atoms with Gasteiger partial charge in [0, 0.05) is 11.6 Å². The predicted molar refractivity (Wildman–Crippen MR) is 166 cm³/mol. The smallest absolute Gasteiger partial charge is 0.411 e. The van der Waals surface area contributed by atoms with E-state index in [4.69, 9.17) is 8.83 Å². The molecule has 2 amide bonds. The summed E-state index contributed by atoms with van der Waals surface area (Å²) in [6.45, 7) is 7.82. The number of aromatic nitrogens is 5. The predicted octanol–water partition coefficient (Wildman–Crippen LogP) is 4.41. The van der Waals surface area contributed by atoms with Crippen LogP contribution in [0.1, 0.15) is 55.9 Å². The van der Waals surface area contributed by atoms with Crippen LogP contribution in [0.3, 0.4) is 0 Å². The number of rotatable bonds is 10. The largest absolute Gasteiger partial charge is 0.453 e. The Morgan fingerprint density at radius 2 is 1.74 bits per heavy atom. The molecule has 1 atom stereocenters. The molecule has 14 nitrogen and oxygen atoms in total. The molecule has 15 heteroatoms. The van der Waals surface area contributed by atoms with Crippen LogP contribution >= 0.6 is 0 Å². The Balaban J connectivity index is 1.41. The number of ether oxygens (including phenoxy) is 1. The molecule has 0 saturated carbocycles. The summed E-state index contributed by atoms with van der Waals surface area (Å²) in [7, 11) is 1.15. The van der Waals surface area contributed by atoms with E-state index in [0.29, 0.717) is 11.1 Å². The van der Waals surface area contributed by atoms with E-state index < -0.39 is 53.1 Å². The second-order valence-electron chi connectivity index (χ2n) is 11.6. The molecular formula is C32H32FN7O7. The van der Waals surface area contributed by atoms with Gasteiger partial charge in [0.2, 0.25) is 23.5 Å². The first-order chi connectivity index (χ1) is 22.3. The third kappa shape index (κ3) is 6.64. The number of Topliss-reactive ketones (excluding diaryl/α,β-unsaturated/α-hetero) is 1. The second kappa shape index (κ2) is 12.9. The molecule has 0 bridgehead atoms. The standard InChI is InChI=1S/C32H32FN7O7/c1-16(2)23(25(42)27-38-39-30(47-27)32(4,5)29-35-20-13-12-19(33)14-21(20)46-29)36-22(41)15-40-26(18-10-8-7-9-11-18)34-17(3)24(28(40)43)37-31(44)45-6/h7-14,16,23H,15H2,1-6H3,(H,36,41)(H,37,44). The minimum Gasteiger partial charge on any atom is -0.453 e. The molecule has 2 aromatic carbocycles. The second-order valence-corrected chi connectivity index (χ2v) is 11.6. The zero-order valence-electron chi connectivity index (χ0n) is 26.5. The van der Waals surface area contributed by atoms with E-state index in [-0.39, 0.29) is 40.5 Å². The van der Waals surface area contributed by atoms with Gasteiger partial charge in [0.1, 0.15) is 34.8 Å². The van der Waals surface area contributed by atoms with Gasteiger partial charge in [-0.15, -0.1) is 10.2 Å². The SMILES string of the molecule is COC(=O)Nc1c(C)nc(-c2ccccc2)n(CC(=O)NC(C(=O)c2nnc(C(C)(C)c3nc4ccc(F)cc4o3)o2)C(C)C)c1=O. The zero-order valence-corrected chi connectivity index (χ0v) is 26.5. The van der Waals surface area contributed by atoms with Gasteiger partial charge in [-0.2, -0.15) is 0 Å². The van der Waals surface area contributed by atoms with Gasteiger partial charge >= 0.3 is 6.09 Å². The fraction of sp³-hybridized carbons (Fsp3) is 0.312. The van der Waals surface area contributed by atoms with E-state index in [1.165, 1.54) is 18.2 Å². The van der Waals surface area contributed by atoms with Gasteiger partial charge in [0.05, 0.1) is 18.8 Å². The highest BCUT2D eigenvalue weighted by Gasteiger charge is 2.37. The van der Waals surface area contributed by atoms with Gasteiger partial charge < -0.3 is 18.9 Å². The van der Waals surface area contributed by atoms with Crippen LogP contribution < -0.4 is 16.2 Å². The number of methoxy groups -OCH3 is 1. The van der Waals surface area contributed by atoms with Crippen molar-refractivity contribution in [3.05, 3.63) is 88.1 Å². The molecular weight excluding hydrogens is 613 g/mol. The summed E-state index contributed by atoms with van der Waals surface area (Å²) in [4.78, 5) is 61.5. The Bertz CT molecular complexity index is 2030. The summed E-state index contributed by atoms with van der Waals surface area (Å²) < 4.78 is 30.9. The number of nitrogens with zero attached hydrogens (tertiary/aromatic N) is 5. The van der Waals surface area contributed by atoms with E-state index in [0.717, 1.165) is 11.7 Å². The Labute approximate surface area is 267 Å². The molecule has 3 aromatic heterocycles. The van der Waals surface area contributed by atoms with Gasteiger partial charge in [-0.05, 0) is 38.8 Å². The number of aryl methyl sites for hydroxylation is 1. The van der Waals surface area contributed by atoms with Crippen LogP contribution in [-0.2, 0) is 21.5 Å². The summed E-state index contributed by atoms with van der Waals surface area (Å²) in [5.41, 5.74) is -0.530. The van der Waals surface area contributed by atoms with E-state index >= 15 is 0 Å². The average Bonchev–Trinajstić information content (AvgIpc) is 3.72. The van der Waals surface area contributed by atoms with Crippen LogP contribution in [0.25, 0.3) is 22.5 Å². The molecule has 3 heterocycles. The Hall–Kier alpha value is -5.73. The maximum atomic E-state index is 13.7. The molecule has 0 radical (unpaired) electrons. The van der Waals surface area contributed by atoms with E-state index in [1.54, 1.807) is 65.0 Å². The highest BCUT2D eigenvalue weighted by Crippen LogP contribution is 2.32. The monoisotopic (exact) mass is 645 g/mol. The molecule has 0 saturated heterocycles. The molecule has 0 spiro atoms.